The third-order valence-corrected chi connectivity index (χ3v) is 7.14. The van der Waals surface area contributed by atoms with Gasteiger partial charge in [-0.15, -0.1) is 0 Å². The van der Waals surface area contributed by atoms with Crippen LogP contribution >= 0.6 is 0 Å². The third kappa shape index (κ3) is 7.83. The molecule has 2 amide bonds. The van der Waals surface area contributed by atoms with Crippen molar-refractivity contribution in [2.75, 3.05) is 23.9 Å². The summed E-state index contributed by atoms with van der Waals surface area (Å²) in [4.78, 5) is 28.1. The molecule has 1 atom stereocenters. The molecule has 1 heterocycles. The fraction of sp³-hybridized carbons (Fsp3) is 0.481. The van der Waals surface area contributed by atoms with Crippen molar-refractivity contribution < 1.29 is 31.9 Å². The first-order valence-corrected chi connectivity index (χ1v) is 14.4. The van der Waals surface area contributed by atoms with E-state index < -0.39 is 27.4 Å². The van der Waals surface area contributed by atoms with E-state index in [-0.39, 0.29) is 44.5 Å². The molecule has 11 heteroatoms. The van der Waals surface area contributed by atoms with Crippen LogP contribution in [0.5, 0.6) is 11.5 Å². The Balaban J connectivity index is 1.77. The van der Waals surface area contributed by atoms with Crippen molar-refractivity contribution in [1.82, 2.24) is 10.2 Å². The first-order valence-electron chi connectivity index (χ1n) is 12.5. The molecule has 2 aromatic rings. The molecule has 0 spiro atoms. The molecule has 9 nitrogen and oxygen atoms in total. The van der Waals surface area contributed by atoms with E-state index in [2.05, 4.69) is 5.32 Å². The van der Waals surface area contributed by atoms with Gasteiger partial charge in [-0.25, -0.2) is 12.8 Å². The maximum absolute atomic E-state index is 13.5. The highest BCUT2D eigenvalue weighted by atomic mass is 32.2. The topological polar surface area (TPSA) is 105 Å². The van der Waals surface area contributed by atoms with Crippen molar-refractivity contribution in [1.29, 1.82) is 0 Å². The van der Waals surface area contributed by atoms with Gasteiger partial charge in [0, 0.05) is 31.1 Å². The number of nitrogens with one attached hydrogen (secondary N) is 1. The Hall–Kier alpha value is -3.34. The van der Waals surface area contributed by atoms with Crippen LogP contribution in [0.15, 0.2) is 42.5 Å². The lowest BCUT2D eigenvalue weighted by Gasteiger charge is -2.33. The van der Waals surface area contributed by atoms with Crippen LogP contribution in [-0.2, 0) is 26.2 Å². The van der Waals surface area contributed by atoms with E-state index in [1.165, 1.54) is 21.3 Å². The van der Waals surface area contributed by atoms with Crippen LogP contribution in [0, 0.1) is 5.82 Å². The first-order chi connectivity index (χ1) is 17.8. The molecular formula is C27H36FN3O6S. The molecule has 0 aliphatic carbocycles. The third-order valence-electron chi connectivity index (χ3n) is 5.95. The van der Waals surface area contributed by atoms with E-state index in [4.69, 9.17) is 9.47 Å². The van der Waals surface area contributed by atoms with Gasteiger partial charge < -0.3 is 19.7 Å². The Bertz CT molecular complexity index is 1240. The van der Waals surface area contributed by atoms with E-state index in [9.17, 15) is 22.4 Å². The highest BCUT2D eigenvalue weighted by Crippen LogP contribution is 2.36. The zero-order valence-corrected chi connectivity index (χ0v) is 23.3. The van der Waals surface area contributed by atoms with Crippen molar-refractivity contribution in [2.24, 2.45) is 0 Å². The molecule has 0 unspecified atom stereocenters. The number of ether oxygens (including phenoxy) is 2. The smallest absolute Gasteiger partial charge is 0.243 e. The highest BCUT2D eigenvalue weighted by Gasteiger charge is 2.31. The second-order valence-electron chi connectivity index (χ2n) is 10.3. The number of rotatable bonds is 11. The SMILES string of the molecule is CC[C@H](C(=O)NC(C)(C)C)N(Cc1ccc(F)cc1)C(=O)CCCN(c1ccc2c(c1)OCO2)S(C)(=O)=O. The summed E-state index contributed by atoms with van der Waals surface area (Å²) in [6.45, 7) is 7.64. The summed E-state index contributed by atoms with van der Waals surface area (Å²) in [5, 5.41) is 2.93. The molecule has 38 heavy (non-hydrogen) atoms. The molecule has 0 saturated heterocycles. The molecule has 0 saturated carbocycles. The number of hydrogen-bond acceptors (Lipinski definition) is 6. The minimum absolute atomic E-state index is 0.0110. The van der Waals surface area contributed by atoms with E-state index in [0.29, 0.717) is 29.2 Å². The maximum Gasteiger partial charge on any atom is 0.243 e. The zero-order valence-electron chi connectivity index (χ0n) is 22.5. The number of carbonyl (C=O) groups is 2. The number of hydrogen-bond donors (Lipinski definition) is 1. The van der Waals surface area contributed by atoms with Crippen LogP contribution in [0.4, 0.5) is 10.1 Å². The summed E-state index contributed by atoms with van der Waals surface area (Å²) in [5.74, 6) is 0.00721. The number of fused-ring (bicyclic) bond motifs is 1. The fourth-order valence-electron chi connectivity index (χ4n) is 4.20. The van der Waals surface area contributed by atoms with Crippen LogP contribution < -0.4 is 19.1 Å². The number of nitrogens with zero attached hydrogens (tertiary/aromatic N) is 2. The Morgan fingerprint density at radius 2 is 1.74 bits per heavy atom. The predicted octanol–water partition coefficient (Wildman–Crippen LogP) is 3.82. The first kappa shape index (κ1) is 29.2. The molecule has 0 aromatic heterocycles. The number of anilines is 1. The maximum atomic E-state index is 13.5. The molecule has 0 radical (unpaired) electrons. The molecule has 1 aliphatic heterocycles. The quantitative estimate of drug-likeness (QED) is 0.457. The van der Waals surface area contributed by atoms with Crippen molar-refractivity contribution in [3.8, 4) is 11.5 Å². The largest absolute Gasteiger partial charge is 0.454 e. The van der Waals surface area contributed by atoms with Gasteiger partial charge in [0.2, 0.25) is 28.6 Å². The van der Waals surface area contributed by atoms with E-state index in [1.54, 1.807) is 30.3 Å². The Kier molecular flexibility index (Phi) is 9.24. The molecule has 0 fully saturated rings. The lowest BCUT2D eigenvalue weighted by molar-refractivity contribution is -0.142. The minimum Gasteiger partial charge on any atom is -0.454 e. The number of sulfonamides is 1. The highest BCUT2D eigenvalue weighted by molar-refractivity contribution is 7.92. The van der Waals surface area contributed by atoms with Gasteiger partial charge in [0.05, 0.1) is 11.9 Å². The summed E-state index contributed by atoms with van der Waals surface area (Å²) in [6.07, 6.45) is 1.71. The lowest BCUT2D eigenvalue weighted by Crippen LogP contribution is -2.53. The number of benzene rings is 2. The average Bonchev–Trinajstić information content (AvgIpc) is 3.29. The van der Waals surface area contributed by atoms with Gasteiger partial charge in [-0.05, 0) is 63.4 Å². The average molecular weight is 550 g/mol. The van der Waals surface area contributed by atoms with Crippen LogP contribution in [0.1, 0.15) is 52.5 Å². The predicted molar refractivity (Wildman–Crippen MR) is 143 cm³/mol. The molecule has 0 bridgehead atoms. The van der Waals surface area contributed by atoms with Crippen molar-refractivity contribution >= 4 is 27.5 Å². The van der Waals surface area contributed by atoms with Crippen LogP contribution in [0.25, 0.3) is 0 Å². The number of carbonyl (C=O) groups excluding carboxylic acids is 2. The summed E-state index contributed by atoms with van der Waals surface area (Å²) >= 11 is 0. The molecular weight excluding hydrogens is 513 g/mol. The Morgan fingerprint density at radius 1 is 1.08 bits per heavy atom. The summed E-state index contributed by atoms with van der Waals surface area (Å²) in [7, 11) is -3.65. The fourth-order valence-corrected chi connectivity index (χ4v) is 5.16. The van der Waals surface area contributed by atoms with E-state index >= 15 is 0 Å². The van der Waals surface area contributed by atoms with Crippen molar-refractivity contribution in [3.63, 3.8) is 0 Å². The van der Waals surface area contributed by atoms with Crippen LogP contribution in [0.3, 0.4) is 0 Å². The van der Waals surface area contributed by atoms with Gasteiger partial charge in [0.1, 0.15) is 11.9 Å². The van der Waals surface area contributed by atoms with Gasteiger partial charge in [-0.2, -0.15) is 0 Å². The van der Waals surface area contributed by atoms with Crippen LogP contribution in [0.2, 0.25) is 0 Å². The molecule has 2 aromatic carbocycles. The summed E-state index contributed by atoms with van der Waals surface area (Å²) < 4.78 is 50.5. The number of amides is 2. The van der Waals surface area contributed by atoms with E-state index in [1.807, 2.05) is 27.7 Å². The Labute approximate surface area is 224 Å². The second-order valence-corrected chi connectivity index (χ2v) is 12.2. The van der Waals surface area contributed by atoms with Gasteiger partial charge in [0.25, 0.3) is 0 Å². The van der Waals surface area contributed by atoms with Gasteiger partial charge >= 0.3 is 0 Å². The molecule has 3 rings (SSSR count). The monoisotopic (exact) mass is 549 g/mol. The standard InChI is InChI=1S/C27H36FN3O6S/c1-6-22(26(33)29-27(2,3)4)30(17-19-9-11-20(28)12-10-19)25(32)8-7-15-31(38(5,34)35)21-13-14-23-24(16-21)37-18-36-23/h9-14,16,22H,6-8,15,17-18H2,1-5H3,(H,29,33)/t22-/m1/s1. The van der Waals surface area contributed by atoms with Gasteiger partial charge in [-0.3, -0.25) is 13.9 Å². The van der Waals surface area contributed by atoms with Crippen molar-refractivity contribution in [2.45, 2.75) is 65.1 Å². The molecule has 1 aliphatic rings. The normalized spacial score (nSPS) is 13.6. The van der Waals surface area contributed by atoms with Gasteiger partial charge in [0.15, 0.2) is 11.5 Å². The Morgan fingerprint density at radius 3 is 2.34 bits per heavy atom. The minimum atomic E-state index is -3.65. The second kappa shape index (κ2) is 12.0. The lowest BCUT2D eigenvalue weighted by atomic mass is 10.0. The molecule has 1 N–H and O–H groups in total. The van der Waals surface area contributed by atoms with E-state index in [0.717, 1.165) is 6.26 Å². The molecule has 208 valence electrons. The summed E-state index contributed by atoms with van der Waals surface area (Å²) in [5.41, 5.74) is 0.596. The van der Waals surface area contributed by atoms with Crippen molar-refractivity contribution in [3.05, 3.63) is 53.8 Å². The summed E-state index contributed by atoms with van der Waals surface area (Å²) in [6, 6.07) is 9.89. The van der Waals surface area contributed by atoms with Crippen LogP contribution in [-0.4, -0.2) is 56.3 Å². The zero-order chi connectivity index (χ0) is 28.1. The van der Waals surface area contributed by atoms with Gasteiger partial charge in [-0.1, -0.05) is 19.1 Å². The number of halogens is 1.